The second-order valence-corrected chi connectivity index (χ2v) is 5.27. The minimum absolute atomic E-state index is 1.17. The van der Waals surface area contributed by atoms with Gasteiger partial charge in [0.25, 0.3) is 0 Å². The van der Waals surface area contributed by atoms with Crippen LogP contribution in [0.4, 0.5) is 0 Å². The maximum absolute atomic E-state index is 3.47. The molecular formula is C16H37N3. The average molecular weight is 271 g/mol. The summed E-state index contributed by atoms with van der Waals surface area (Å²) in [6, 6.07) is 0. The molecule has 0 heterocycles. The first kappa shape index (κ1) is 18.9. The molecule has 0 aromatic carbocycles. The van der Waals surface area contributed by atoms with Crippen LogP contribution in [0.15, 0.2) is 0 Å². The van der Waals surface area contributed by atoms with E-state index in [4.69, 9.17) is 0 Å². The third-order valence-electron chi connectivity index (χ3n) is 3.79. The van der Waals surface area contributed by atoms with Crippen LogP contribution in [0.25, 0.3) is 0 Å². The first-order valence-electron chi connectivity index (χ1n) is 8.43. The Morgan fingerprint density at radius 2 is 1.21 bits per heavy atom. The molecule has 0 aliphatic heterocycles. The highest BCUT2D eigenvalue weighted by Crippen LogP contribution is 1.98. The third-order valence-corrected chi connectivity index (χ3v) is 3.79. The number of nitrogens with one attached hydrogen (secondary N) is 1. The van der Waals surface area contributed by atoms with Crippen LogP contribution in [0.2, 0.25) is 0 Å². The molecule has 0 rings (SSSR count). The van der Waals surface area contributed by atoms with Crippen LogP contribution in [0.5, 0.6) is 0 Å². The molecule has 0 aliphatic rings. The van der Waals surface area contributed by atoms with Gasteiger partial charge in [-0.05, 0) is 78.0 Å². The quantitative estimate of drug-likeness (QED) is 0.490. The number of nitrogens with zero attached hydrogens (tertiary/aromatic N) is 2. The van der Waals surface area contributed by atoms with E-state index in [-0.39, 0.29) is 0 Å². The van der Waals surface area contributed by atoms with Gasteiger partial charge < -0.3 is 15.1 Å². The number of hydrogen-bond donors (Lipinski definition) is 1. The molecule has 116 valence electrons. The van der Waals surface area contributed by atoms with Gasteiger partial charge in [0.15, 0.2) is 0 Å². The van der Waals surface area contributed by atoms with Crippen molar-refractivity contribution in [1.82, 2.24) is 15.1 Å². The van der Waals surface area contributed by atoms with E-state index in [1.807, 2.05) is 0 Å². The summed E-state index contributed by atoms with van der Waals surface area (Å²) in [6.45, 7) is 18.7. The van der Waals surface area contributed by atoms with E-state index in [2.05, 4.69) is 42.8 Å². The topological polar surface area (TPSA) is 18.5 Å². The molecule has 3 heteroatoms. The Hall–Kier alpha value is -0.120. The first-order valence-corrected chi connectivity index (χ1v) is 8.43. The molecule has 3 nitrogen and oxygen atoms in total. The van der Waals surface area contributed by atoms with E-state index in [1.54, 1.807) is 0 Å². The lowest BCUT2D eigenvalue weighted by Crippen LogP contribution is -2.31. The molecule has 19 heavy (non-hydrogen) atoms. The zero-order valence-electron chi connectivity index (χ0n) is 13.9. The van der Waals surface area contributed by atoms with Gasteiger partial charge in [0.2, 0.25) is 0 Å². The normalized spacial score (nSPS) is 11.7. The van der Waals surface area contributed by atoms with Gasteiger partial charge in [-0.2, -0.15) is 0 Å². The van der Waals surface area contributed by atoms with Crippen LogP contribution in [-0.4, -0.2) is 62.2 Å². The summed E-state index contributed by atoms with van der Waals surface area (Å²) in [5.41, 5.74) is 0. The number of rotatable bonds is 14. The first-order chi connectivity index (χ1) is 9.28. The summed E-state index contributed by atoms with van der Waals surface area (Å²) in [7, 11) is 0. The monoisotopic (exact) mass is 271 g/mol. The fourth-order valence-corrected chi connectivity index (χ4v) is 2.37. The van der Waals surface area contributed by atoms with Crippen LogP contribution in [-0.2, 0) is 0 Å². The van der Waals surface area contributed by atoms with Gasteiger partial charge in [0.05, 0.1) is 0 Å². The van der Waals surface area contributed by atoms with Crippen LogP contribution < -0.4 is 5.32 Å². The second-order valence-electron chi connectivity index (χ2n) is 5.27. The third kappa shape index (κ3) is 11.4. The molecule has 0 bridgehead atoms. The minimum atomic E-state index is 1.17. The molecule has 0 spiro atoms. The van der Waals surface area contributed by atoms with Crippen molar-refractivity contribution in [3.05, 3.63) is 0 Å². The predicted octanol–water partition coefficient (Wildman–Crippen LogP) is 2.82. The molecule has 0 amide bonds. The largest absolute Gasteiger partial charge is 0.317 e. The summed E-state index contributed by atoms with van der Waals surface area (Å²) in [4.78, 5) is 5.12. The Morgan fingerprint density at radius 3 is 1.79 bits per heavy atom. The van der Waals surface area contributed by atoms with E-state index >= 15 is 0 Å². The molecule has 0 aliphatic carbocycles. The second kappa shape index (κ2) is 14.3. The lowest BCUT2D eigenvalue weighted by Gasteiger charge is -2.23. The van der Waals surface area contributed by atoms with Crippen LogP contribution >= 0.6 is 0 Å². The van der Waals surface area contributed by atoms with Crippen molar-refractivity contribution in [3.63, 3.8) is 0 Å². The van der Waals surface area contributed by atoms with Gasteiger partial charge in [-0.25, -0.2) is 0 Å². The van der Waals surface area contributed by atoms with Crippen molar-refractivity contribution in [2.24, 2.45) is 0 Å². The van der Waals surface area contributed by atoms with Gasteiger partial charge in [-0.15, -0.1) is 0 Å². The molecule has 0 atom stereocenters. The van der Waals surface area contributed by atoms with Crippen molar-refractivity contribution in [2.75, 3.05) is 52.4 Å². The average Bonchev–Trinajstić information content (AvgIpc) is 2.45. The van der Waals surface area contributed by atoms with Crippen molar-refractivity contribution < 1.29 is 0 Å². The Labute approximate surface area is 121 Å². The van der Waals surface area contributed by atoms with E-state index in [9.17, 15) is 0 Å². The minimum Gasteiger partial charge on any atom is -0.317 e. The highest BCUT2D eigenvalue weighted by atomic mass is 15.1. The van der Waals surface area contributed by atoms with E-state index in [1.165, 1.54) is 78.0 Å². The van der Waals surface area contributed by atoms with Crippen molar-refractivity contribution in [1.29, 1.82) is 0 Å². The van der Waals surface area contributed by atoms with Crippen LogP contribution in [0.3, 0.4) is 0 Å². The standard InChI is InChI=1S/C16H37N3/c1-5-12-17-13-9-10-14-19(8-4)16-11-15-18(6-2)7-3/h17H,5-16H2,1-4H3. The molecule has 0 aromatic heterocycles. The zero-order valence-corrected chi connectivity index (χ0v) is 13.9. The summed E-state index contributed by atoms with van der Waals surface area (Å²) in [5.74, 6) is 0. The Balaban J connectivity index is 3.49. The summed E-state index contributed by atoms with van der Waals surface area (Å²) in [5, 5.41) is 3.47. The summed E-state index contributed by atoms with van der Waals surface area (Å²) >= 11 is 0. The highest BCUT2D eigenvalue weighted by molar-refractivity contribution is 4.60. The Bertz CT molecular complexity index is 169. The highest BCUT2D eigenvalue weighted by Gasteiger charge is 2.03. The van der Waals surface area contributed by atoms with Gasteiger partial charge in [-0.1, -0.05) is 27.7 Å². The maximum Gasteiger partial charge on any atom is -0.000666 e. The van der Waals surface area contributed by atoms with Crippen molar-refractivity contribution in [2.45, 2.75) is 53.4 Å². The molecule has 0 radical (unpaired) electrons. The van der Waals surface area contributed by atoms with E-state index in [0.29, 0.717) is 0 Å². The molecule has 0 saturated heterocycles. The Morgan fingerprint density at radius 1 is 0.632 bits per heavy atom. The SMILES string of the molecule is CCCNCCCCN(CC)CCCN(CC)CC. The van der Waals surface area contributed by atoms with Crippen LogP contribution in [0, 0.1) is 0 Å². The fraction of sp³-hybridized carbons (Fsp3) is 1.00. The molecule has 1 N–H and O–H groups in total. The Kier molecular flexibility index (Phi) is 14.2. The summed E-state index contributed by atoms with van der Waals surface area (Å²) < 4.78 is 0. The number of unbranched alkanes of at least 4 members (excludes halogenated alkanes) is 1. The zero-order chi connectivity index (χ0) is 14.3. The fourth-order valence-electron chi connectivity index (χ4n) is 2.37. The van der Waals surface area contributed by atoms with Gasteiger partial charge >= 0.3 is 0 Å². The van der Waals surface area contributed by atoms with E-state index < -0.39 is 0 Å². The van der Waals surface area contributed by atoms with Gasteiger partial charge in [0.1, 0.15) is 0 Å². The lowest BCUT2D eigenvalue weighted by molar-refractivity contribution is 0.240. The van der Waals surface area contributed by atoms with Crippen LogP contribution in [0.1, 0.15) is 53.4 Å². The molecule has 0 aromatic rings. The molecule has 0 saturated carbocycles. The van der Waals surface area contributed by atoms with Crippen molar-refractivity contribution in [3.8, 4) is 0 Å². The molecular weight excluding hydrogens is 234 g/mol. The predicted molar refractivity (Wildman–Crippen MR) is 86.9 cm³/mol. The lowest BCUT2D eigenvalue weighted by atomic mass is 10.2. The summed E-state index contributed by atoms with van der Waals surface area (Å²) in [6.07, 6.45) is 5.19. The maximum atomic E-state index is 3.47. The number of hydrogen-bond acceptors (Lipinski definition) is 3. The van der Waals surface area contributed by atoms with Crippen molar-refractivity contribution >= 4 is 0 Å². The molecule has 0 fully saturated rings. The van der Waals surface area contributed by atoms with Gasteiger partial charge in [-0.3, -0.25) is 0 Å². The smallest absolute Gasteiger partial charge is 0.000666 e. The van der Waals surface area contributed by atoms with E-state index in [0.717, 1.165) is 0 Å². The van der Waals surface area contributed by atoms with Gasteiger partial charge in [0, 0.05) is 0 Å². The molecule has 0 unspecified atom stereocenters.